The molecule has 1 fully saturated rings. The zero-order chi connectivity index (χ0) is 25.9. The van der Waals surface area contributed by atoms with E-state index in [1.807, 2.05) is 13.8 Å². The summed E-state index contributed by atoms with van der Waals surface area (Å²) in [6.07, 6.45) is -0.134. The lowest BCUT2D eigenvalue weighted by Gasteiger charge is -2.34. The van der Waals surface area contributed by atoms with Crippen molar-refractivity contribution in [2.24, 2.45) is 11.8 Å². The molecule has 0 saturated heterocycles. The fourth-order valence-electron chi connectivity index (χ4n) is 4.25. The largest absolute Gasteiger partial charge is 0.465 e. The highest BCUT2D eigenvalue weighted by molar-refractivity contribution is 7.80. The molecule has 10 heteroatoms. The minimum absolute atomic E-state index is 0.00982. The number of thiol groups is 1. The lowest BCUT2D eigenvalue weighted by atomic mass is 9.82. The highest BCUT2D eigenvalue weighted by Gasteiger charge is 2.36. The molecule has 0 bridgehead atoms. The van der Waals surface area contributed by atoms with Gasteiger partial charge in [-0.05, 0) is 69.7 Å². The van der Waals surface area contributed by atoms with E-state index in [0.29, 0.717) is 11.6 Å². The summed E-state index contributed by atoms with van der Waals surface area (Å²) in [7, 11) is 1.19. The molecular formula is C25H29F3N2O4S. The lowest BCUT2D eigenvalue weighted by molar-refractivity contribution is -0.139. The minimum Gasteiger partial charge on any atom is -0.465 e. The second kappa shape index (κ2) is 10.9. The zero-order valence-electron chi connectivity index (χ0n) is 20.1. The number of esters is 1. The number of halogens is 3. The van der Waals surface area contributed by atoms with Crippen molar-refractivity contribution < 1.29 is 32.2 Å². The number of ether oxygens (including phenoxy) is 2. The SMILES string of the molecule is COC(=O)c1cc(Oc2ncc(S)cc2C(F)(F)F)ccc1N(C(=O)C1CCC(C)CC1)C(C)C. The van der Waals surface area contributed by atoms with Gasteiger partial charge in [-0.15, -0.1) is 12.6 Å². The molecule has 0 spiro atoms. The van der Waals surface area contributed by atoms with Crippen molar-refractivity contribution in [3.63, 3.8) is 0 Å². The molecule has 0 N–H and O–H groups in total. The van der Waals surface area contributed by atoms with Crippen molar-refractivity contribution in [3.8, 4) is 11.6 Å². The highest BCUT2D eigenvalue weighted by atomic mass is 32.1. The molecule has 1 heterocycles. The van der Waals surface area contributed by atoms with Crippen LogP contribution in [0.2, 0.25) is 0 Å². The second-order valence-electron chi connectivity index (χ2n) is 9.08. The van der Waals surface area contributed by atoms with Gasteiger partial charge < -0.3 is 14.4 Å². The summed E-state index contributed by atoms with van der Waals surface area (Å²) in [4.78, 5) is 31.4. The van der Waals surface area contributed by atoms with Gasteiger partial charge in [0.05, 0.1) is 18.4 Å². The van der Waals surface area contributed by atoms with Crippen LogP contribution in [0.5, 0.6) is 11.6 Å². The van der Waals surface area contributed by atoms with Crippen molar-refractivity contribution in [1.82, 2.24) is 4.98 Å². The van der Waals surface area contributed by atoms with E-state index in [1.54, 1.807) is 4.90 Å². The fourth-order valence-corrected chi connectivity index (χ4v) is 4.44. The van der Waals surface area contributed by atoms with Gasteiger partial charge in [-0.1, -0.05) is 6.92 Å². The number of alkyl halides is 3. The van der Waals surface area contributed by atoms with Crippen molar-refractivity contribution in [2.45, 2.75) is 63.6 Å². The molecular weight excluding hydrogens is 481 g/mol. The summed E-state index contributed by atoms with van der Waals surface area (Å²) in [6, 6.07) is 4.71. The number of hydrogen-bond acceptors (Lipinski definition) is 6. The predicted octanol–water partition coefficient (Wildman–Crippen LogP) is 6.54. The van der Waals surface area contributed by atoms with Crippen LogP contribution in [0.25, 0.3) is 0 Å². The van der Waals surface area contributed by atoms with Gasteiger partial charge in [0.15, 0.2) is 0 Å². The van der Waals surface area contributed by atoms with Gasteiger partial charge in [0.1, 0.15) is 11.3 Å². The molecule has 1 aromatic heterocycles. The smallest absolute Gasteiger partial charge is 0.421 e. The molecule has 1 saturated carbocycles. The Morgan fingerprint density at radius 3 is 2.37 bits per heavy atom. The van der Waals surface area contributed by atoms with Crippen molar-refractivity contribution in [1.29, 1.82) is 0 Å². The molecule has 190 valence electrons. The maximum Gasteiger partial charge on any atom is 0.421 e. The van der Waals surface area contributed by atoms with Gasteiger partial charge in [0.25, 0.3) is 0 Å². The number of amides is 1. The van der Waals surface area contributed by atoms with Gasteiger partial charge in [0.2, 0.25) is 11.8 Å². The summed E-state index contributed by atoms with van der Waals surface area (Å²) in [5.41, 5.74) is -0.771. The van der Waals surface area contributed by atoms with Crippen LogP contribution >= 0.6 is 12.6 Å². The van der Waals surface area contributed by atoms with Crippen molar-refractivity contribution in [3.05, 3.63) is 41.6 Å². The van der Waals surface area contributed by atoms with Crippen molar-refractivity contribution in [2.75, 3.05) is 12.0 Å². The lowest BCUT2D eigenvalue weighted by Crippen LogP contribution is -2.43. The normalized spacial score (nSPS) is 18.3. The third-order valence-electron chi connectivity index (χ3n) is 6.11. The Bertz CT molecular complexity index is 1080. The first-order valence-electron chi connectivity index (χ1n) is 11.4. The molecule has 1 amide bonds. The number of aromatic nitrogens is 1. The van der Waals surface area contributed by atoms with Crippen molar-refractivity contribution >= 4 is 30.2 Å². The molecule has 1 aliphatic rings. The van der Waals surface area contributed by atoms with Crippen LogP contribution in [-0.2, 0) is 15.7 Å². The zero-order valence-corrected chi connectivity index (χ0v) is 21.0. The third-order valence-corrected chi connectivity index (χ3v) is 6.35. The Balaban J connectivity index is 2.00. The maximum atomic E-state index is 13.5. The van der Waals surface area contributed by atoms with Crippen LogP contribution in [0.3, 0.4) is 0 Å². The first-order valence-corrected chi connectivity index (χ1v) is 11.9. The molecule has 35 heavy (non-hydrogen) atoms. The van der Waals surface area contributed by atoms with Gasteiger partial charge in [-0.25, -0.2) is 9.78 Å². The number of hydrogen-bond donors (Lipinski definition) is 1. The van der Waals surface area contributed by atoms with E-state index in [4.69, 9.17) is 9.47 Å². The Kier molecular flexibility index (Phi) is 8.35. The molecule has 0 aliphatic heterocycles. The Hall–Kier alpha value is -2.75. The van der Waals surface area contributed by atoms with Crippen LogP contribution in [0.15, 0.2) is 35.4 Å². The highest BCUT2D eigenvalue weighted by Crippen LogP contribution is 2.39. The predicted molar refractivity (Wildman–Crippen MR) is 128 cm³/mol. The molecule has 0 unspecified atom stereocenters. The number of carbonyl (C=O) groups excluding carboxylic acids is 2. The van der Waals surface area contributed by atoms with E-state index in [1.165, 1.54) is 25.3 Å². The van der Waals surface area contributed by atoms with E-state index in [2.05, 4.69) is 24.5 Å². The molecule has 0 radical (unpaired) electrons. The summed E-state index contributed by atoms with van der Waals surface area (Å²) in [6.45, 7) is 5.85. The Morgan fingerprint density at radius 2 is 1.80 bits per heavy atom. The maximum absolute atomic E-state index is 13.5. The quantitative estimate of drug-likeness (QED) is 0.353. The number of nitrogens with zero attached hydrogens (tertiary/aromatic N) is 2. The molecule has 0 atom stereocenters. The van der Waals surface area contributed by atoms with Crippen LogP contribution in [-0.4, -0.2) is 30.0 Å². The summed E-state index contributed by atoms with van der Waals surface area (Å²) in [5.74, 6) is -1.14. The molecule has 2 aromatic rings. The average Bonchev–Trinajstić information content (AvgIpc) is 2.80. The second-order valence-corrected chi connectivity index (χ2v) is 9.59. The van der Waals surface area contributed by atoms with Crippen LogP contribution in [0, 0.1) is 11.8 Å². The number of methoxy groups -OCH3 is 1. The van der Waals surface area contributed by atoms with E-state index in [-0.39, 0.29) is 34.1 Å². The standard InChI is InChI=1S/C25H29F3N2O4S/c1-14(2)30(23(31)16-7-5-15(3)6-8-16)21-10-9-17(11-19(21)24(32)33-4)34-22-20(25(26,27)28)12-18(35)13-29-22/h9-16,35H,5-8H2,1-4H3. The number of anilines is 1. The van der Waals surface area contributed by atoms with E-state index >= 15 is 0 Å². The van der Waals surface area contributed by atoms with Gasteiger partial charge in [0, 0.05) is 23.1 Å². The fraction of sp³-hybridized carbons (Fsp3) is 0.480. The summed E-state index contributed by atoms with van der Waals surface area (Å²) >= 11 is 3.92. The van der Waals surface area contributed by atoms with Crippen LogP contribution in [0.4, 0.5) is 18.9 Å². The number of benzene rings is 1. The first-order chi connectivity index (χ1) is 16.4. The number of pyridine rings is 1. The molecule has 6 nitrogen and oxygen atoms in total. The van der Waals surface area contributed by atoms with E-state index in [9.17, 15) is 22.8 Å². The van der Waals surface area contributed by atoms with Crippen LogP contribution < -0.4 is 9.64 Å². The topological polar surface area (TPSA) is 68.7 Å². The monoisotopic (exact) mass is 510 g/mol. The molecule has 3 rings (SSSR count). The van der Waals surface area contributed by atoms with Gasteiger partial charge in [-0.3, -0.25) is 4.79 Å². The Morgan fingerprint density at radius 1 is 1.14 bits per heavy atom. The number of carbonyl (C=O) groups is 2. The van der Waals surface area contributed by atoms with E-state index < -0.39 is 23.6 Å². The third kappa shape index (κ3) is 6.28. The Labute approximate surface area is 208 Å². The van der Waals surface area contributed by atoms with Crippen LogP contribution in [0.1, 0.15) is 62.4 Å². The van der Waals surface area contributed by atoms with E-state index in [0.717, 1.165) is 37.9 Å². The minimum atomic E-state index is -4.72. The molecule has 1 aliphatic carbocycles. The number of rotatable bonds is 6. The molecule has 1 aromatic carbocycles. The average molecular weight is 511 g/mol. The van der Waals surface area contributed by atoms with Gasteiger partial charge in [-0.2, -0.15) is 13.2 Å². The summed E-state index contributed by atoms with van der Waals surface area (Å²) < 4.78 is 50.7. The van der Waals surface area contributed by atoms with Gasteiger partial charge >= 0.3 is 12.1 Å². The first kappa shape index (κ1) is 26.8. The summed E-state index contributed by atoms with van der Waals surface area (Å²) in [5, 5.41) is 0.